The number of aliphatic imine (C=N–C) groups is 1. The molecule has 1 aliphatic carbocycles. The van der Waals surface area contributed by atoms with Gasteiger partial charge in [0.25, 0.3) is 0 Å². The molecule has 0 aromatic rings. The molecule has 5 heteroatoms. The first-order chi connectivity index (χ1) is 7.76. The van der Waals surface area contributed by atoms with E-state index in [1.807, 2.05) is 0 Å². The predicted octanol–water partition coefficient (Wildman–Crippen LogP) is 1.57. The zero-order valence-corrected chi connectivity index (χ0v) is 12.7. The second kappa shape index (κ2) is 6.78. The molecule has 0 atom stereocenters. The zero-order valence-electron chi connectivity index (χ0n) is 10.4. The Kier molecular flexibility index (Phi) is 5.99. The standard InChI is InChI=1S/C12H23N3O.HI/c13-11(14-9-12(10-16)5-6-12)15-7-3-1-2-4-8-15;/h16H,1-10H2,(H2,13,14);1H. The van der Waals surface area contributed by atoms with E-state index in [1.165, 1.54) is 25.7 Å². The second-order valence-corrected chi connectivity index (χ2v) is 5.23. The van der Waals surface area contributed by atoms with Crippen LogP contribution in [0.15, 0.2) is 4.99 Å². The summed E-state index contributed by atoms with van der Waals surface area (Å²) in [6.07, 6.45) is 7.26. The Hall–Kier alpha value is -0.0400. The predicted molar refractivity (Wildman–Crippen MR) is 80.7 cm³/mol. The van der Waals surface area contributed by atoms with Crippen molar-refractivity contribution < 1.29 is 5.11 Å². The van der Waals surface area contributed by atoms with Crippen molar-refractivity contribution in [1.29, 1.82) is 0 Å². The van der Waals surface area contributed by atoms with Crippen molar-refractivity contribution in [3.8, 4) is 0 Å². The van der Waals surface area contributed by atoms with Crippen molar-refractivity contribution >= 4 is 29.9 Å². The van der Waals surface area contributed by atoms with Gasteiger partial charge in [0.05, 0.1) is 13.2 Å². The molecule has 1 saturated carbocycles. The summed E-state index contributed by atoms with van der Waals surface area (Å²) in [5.74, 6) is 0.682. The van der Waals surface area contributed by atoms with Crippen LogP contribution in [-0.4, -0.2) is 42.2 Å². The van der Waals surface area contributed by atoms with E-state index in [0.717, 1.165) is 25.9 Å². The molecule has 17 heavy (non-hydrogen) atoms. The number of guanidine groups is 1. The number of hydrogen-bond donors (Lipinski definition) is 2. The van der Waals surface area contributed by atoms with Gasteiger partial charge >= 0.3 is 0 Å². The van der Waals surface area contributed by atoms with Crippen LogP contribution in [0.25, 0.3) is 0 Å². The van der Waals surface area contributed by atoms with Crippen LogP contribution in [0, 0.1) is 5.41 Å². The molecule has 1 saturated heterocycles. The van der Waals surface area contributed by atoms with E-state index in [-0.39, 0.29) is 36.0 Å². The molecular formula is C12H24IN3O. The molecule has 0 aromatic carbocycles. The number of halogens is 1. The molecule has 0 aromatic heterocycles. The number of nitrogens with zero attached hydrogens (tertiary/aromatic N) is 2. The summed E-state index contributed by atoms with van der Waals surface area (Å²) in [4.78, 5) is 6.65. The van der Waals surface area contributed by atoms with E-state index in [9.17, 15) is 5.11 Å². The fraction of sp³-hybridized carbons (Fsp3) is 0.917. The molecular weight excluding hydrogens is 329 g/mol. The van der Waals surface area contributed by atoms with E-state index in [0.29, 0.717) is 12.5 Å². The largest absolute Gasteiger partial charge is 0.396 e. The number of aliphatic hydroxyl groups excluding tert-OH is 1. The Morgan fingerprint density at radius 1 is 1.18 bits per heavy atom. The molecule has 4 nitrogen and oxygen atoms in total. The van der Waals surface area contributed by atoms with Gasteiger partial charge in [-0.2, -0.15) is 0 Å². The normalized spacial score (nSPS) is 23.8. The van der Waals surface area contributed by atoms with Gasteiger partial charge in [0, 0.05) is 18.5 Å². The summed E-state index contributed by atoms with van der Waals surface area (Å²) in [6.45, 7) is 3.04. The van der Waals surface area contributed by atoms with Gasteiger partial charge in [-0.1, -0.05) is 12.8 Å². The van der Waals surface area contributed by atoms with Gasteiger partial charge in [0.1, 0.15) is 0 Å². The van der Waals surface area contributed by atoms with Crippen LogP contribution in [-0.2, 0) is 0 Å². The maximum Gasteiger partial charge on any atom is 0.191 e. The van der Waals surface area contributed by atoms with Crippen molar-refractivity contribution in [2.75, 3.05) is 26.2 Å². The molecule has 0 radical (unpaired) electrons. The highest BCUT2D eigenvalue weighted by atomic mass is 127. The smallest absolute Gasteiger partial charge is 0.191 e. The van der Waals surface area contributed by atoms with Crippen LogP contribution >= 0.6 is 24.0 Å². The number of likely N-dealkylation sites (tertiary alicyclic amines) is 1. The molecule has 100 valence electrons. The first-order valence-electron chi connectivity index (χ1n) is 6.42. The molecule has 1 aliphatic heterocycles. The molecule has 2 aliphatic rings. The fourth-order valence-electron chi connectivity index (χ4n) is 2.19. The molecule has 2 rings (SSSR count). The van der Waals surface area contributed by atoms with E-state index in [4.69, 9.17) is 5.73 Å². The number of rotatable bonds is 3. The Morgan fingerprint density at radius 3 is 2.24 bits per heavy atom. The first kappa shape index (κ1) is 15.0. The first-order valence-corrected chi connectivity index (χ1v) is 6.42. The minimum atomic E-state index is 0. The number of nitrogens with two attached hydrogens (primary N) is 1. The third kappa shape index (κ3) is 4.28. The van der Waals surface area contributed by atoms with Gasteiger partial charge in [-0.05, 0) is 25.7 Å². The molecule has 0 spiro atoms. The monoisotopic (exact) mass is 353 g/mol. The average Bonchev–Trinajstić information content (AvgIpc) is 3.11. The van der Waals surface area contributed by atoms with Gasteiger partial charge in [0.2, 0.25) is 0 Å². The van der Waals surface area contributed by atoms with Crippen LogP contribution in [0.2, 0.25) is 0 Å². The molecule has 0 amide bonds. The van der Waals surface area contributed by atoms with E-state index >= 15 is 0 Å². The SMILES string of the molecule is I.NC(=NCC1(CO)CC1)N1CCCCCC1. The second-order valence-electron chi connectivity index (χ2n) is 5.23. The van der Waals surface area contributed by atoms with Crippen LogP contribution in [0.4, 0.5) is 0 Å². The van der Waals surface area contributed by atoms with Crippen LogP contribution in [0.5, 0.6) is 0 Å². The van der Waals surface area contributed by atoms with E-state index < -0.39 is 0 Å². The van der Waals surface area contributed by atoms with Crippen molar-refractivity contribution in [3.05, 3.63) is 0 Å². The summed E-state index contributed by atoms with van der Waals surface area (Å²) in [5, 5.41) is 9.20. The van der Waals surface area contributed by atoms with E-state index in [1.54, 1.807) is 0 Å². The number of hydrogen-bond acceptors (Lipinski definition) is 2. The molecule has 1 heterocycles. The van der Waals surface area contributed by atoms with Crippen LogP contribution in [0.1, 0.15) is 38.5 Å². The van der Waals surface area contributed by atoms with Gasteiger partial charge in [-0.3, -0.25) is 4.99 Å². The molecule has 0 unspecified atom stereocenters. The highest BCUT2D eigenvalue weighted by Crippen LogP contribution is 2.45. The highest BCUT2D eigenvalue weighted by molar-refractivity contribution is 14.0. The Bertz CT molecular complexity index is 258. The van der Waals surface area contributed by atoms with Crippen LogP contribution < -0.4 is 5.73 Å². The lowest BCUT2D eigenvalue weighted by atomic mass is 10.1. The number of aliphatic hydroxyl groups is 1. The Balaban J connectivity index is 0.00000144. The van der Waals surface area contributed by atoms with E-state index in [2.05, 4.69) is 9.89 Å². The van der Waals surface area contributed by atoms with Gasteiger partial charge in [0.15, 0.2) is 5.96 Å². The maximum absolute atomic E-state index is 9.20. The van der Waals surface area contributed by atoms with Gasteiger partial charge in [-0.25, -0.2) is 0 Å². The topological polar surface area (TPSA) is 61.9 Å². The minimum Gasteiger partial charge on any atom is -0.396 e. The van der Waals surface area contributed by atoms with Crippen molar-refractivity contribution in [3.63, 3.8) is 0 Å². The molecule has 2 fully saturated rings. The minimum absolute atomic E-state index is 0. The summed E-state index contributed by atoms with van der Waals surface area (Å²) in [7, 11) is 0. The quantitative estimate of drug-likeness (QED) is 0.460. The lowest BCUT2D eigenvalue weighted by Gasteiger charge is -2.21. The fourth-order valence-corrected chi connectivity index (χ4v) is 2.19. The maximum atomic E-state index is 9.20. The molecule has 3 N–H and O–H groups in total. The van der Waals surface area contributed by atoms with Crippen molar-refractivity contribution in [2.45, 2.75) is 38.5 Å². The lowest BCUT2D eigenvalue weighted by Crippen LogP contribution is -2.38. The highest BCUT2D eigenvalue weighted by Gasteiger charge is 2.41. The lowest BCUT2D eigenvalue weighted by molar-refractivity contribution is 0.216. The van der Waals surface area contributed by atoms with Gasteiger partial charge in [-0.15, -0.1) is 24.0 Å². The van der Waals surface area contributed by atoms with Crippen LogP contribution in [0.3, 0.4) is 0 Å². The summed E-state index contributed by atoms with van der Waals surface area (Å²) in [6, 6.07) is 0. The van der Waals surface area contributed by atoms with Crippen molar-refractivity contribution in [2.24, 2.45) is 16.1 Å². The Morgan fingerprint density at radius 2 is 1.76 bits per heavy atom. The molecule has 0 bridgehead atoms. The third-order valence-electron chi connectivity index (χ3n) is 3.80. The Labute approximate surface area is 121 Å². The third-order valence-corrected chi connectivity index (χ3v) is 3.80. The summed E-state index contributed by atoms with van der Waals surface area (Å²) < 4.78 is 0. The summed E-state index contributed by atoms with van der Waals surface area (Å²) in [5.41, 5.74) is 6.08. The summed E-state index contributed by atoms with van der Waals surface area (Å²) >= 11 is 0. The zero-order chi connectivity index (χ0) is 11.4. The van der Waals surface area contributed by atoms with Gasteiger partial charge < -0.3 is 15.7 Å². The van der Waals surface area contributed by atoms with Crippen molar-refractivity contribution in [1.82, 2.24) is 4.90 Å². The average molecular weight is 353 g/mol.